The second-order valence-corrected chi connectivity index (χ2v) is 4.63. The Kier molecular flexibility index (Phi) is 3.96. The number of carbonyl (C=O) groups is 2. The second kappa shape index (κ2) is 5.46. The first-order valence-electron chi connectivity index (χ1n) is 5.98. The van der Waals surface area contributed by atoms with Crippen LogP contribution in [0.2, 0.25) is 0 Å². The van der Waals surface area contributed by atoms with E-state index in [4.69, 9.17) is 9.84 Å². The molecule has 1 amide bonds. The SMILES string of the molecule is O=C(O)CC1C(=O)NCCN1CC1CCOC1. The average Bonchev–Trinajstić information content (AvgIpc) is 2.75. The molecule has 6 heteroatoms. The van der Waals surface area contributed by atoms with Crippen LogP contribution in [0.1, 0.15) is 12.8 Å². The highest BCUT2D eigenvalue weighted by atomic mass is 16.5. The van der Waals surface area contributed by atoms with Gasteiger partial charge in [0.15, 0.2) is 0 Å². The predicted molar refractivity (Wildman–Crippen MR) is 59.5 cm³/mol. The van der Waals surface area contributed by atoms with Gasteiger partial charge in [-0.2, -0.15) is 0 Å². The molecule has 0 aliphatic carbocycles. The molecule has 2 fully saturated rings. The summed E-state index contributed by atoms with van der Waals surface area (Å²) in [6.45, 7) is 3.57. The summed E-state index contributed by atoms with van der Waals surface area (Å²) in [5.41, 5.74) is 0. The first-order chi connectivity index (χ1) is 8.16. The molecule has 2 aliphatic rings. The van der Waals surface area contributed by atoms with Crippen LogP contribution in [0.25, 0.3) is 0 Å². The summed E-state index contributed by atoms with van der Waals surface area (Å²) in [4.78, 5) is 24.4. The Labute approximate surface area is 99.9 Å². The summed E-state index contributed by atoms with van der Waals surface area (Å²) in [6, 6.07) is -0.526. The number of hydrogen-bond donors (Lipinski definition) is 2. The van der Waals surface area contributed by atoms with E-state index in [2.05, 4.69) is 5.32 Å². The fourth-order valence-electron chi connectivity index (χ4n) is 2.43. The van der Waals surface area contributed by atoms with Crippen LogP contribution >= 0.6 is 0 Å². The topological polar surface area (TPSA) is 78.9 Å². The van der Waals surface area contributed by atoms with Crippen LogP contribution in [0.4, 0.5) is 0 Å². The molecule has 17 heavy (non-hydrogen) atoms. The molecule has 0 aromatic rings. The first kappa shape index (κ1) is 12.3. The van der Waals surface area contributed by atoms with Crippen LogP contribution < -0.4 is 5.32 Å². The molecular weight excluding hydrogens is 224 g/mol. The number of amides is 1. The van der Waals surface area contributed by atoms with Crippen LogP contribution in [0.3, 0.4) is 0 Å². The molecule has 2 saturated heterocycles. The fourth-order valence-corrected chi connectivity index (χ4v) is 2.43. The number of nitrogens with one attached hydrogen (secondary N) is 1. The Morgan fingerprint density at radius 3 is 3.06 bits per heavy atom. The van der Waals surface area contributed by atoms with Gasteiger partial charge >= 0.3 is 5.97 Å². The molecule has 2 rings (SSSR count). The number of carbonyl (C=O) groups excluding carboxylic acids is 1. The number of carboxylic acids is 1. The van der Waals surface area contributed by atoms with E-state index in [9.17, 15) is 9.59 Å². The van der Waals surface area contributed by atoms with Crippen LogP contribution in [0.5, 0.6) is 0 Å². The lowest BCUT2D eigenvalue weighted by Gasteiger charge is -2.35. The molecule has 2 unspecified atom stereocenters. The van der Waals surface area contributed by atoms with E-state index in [1.165, 1.54) is 0 Å². The normalized spacial score (nSPS) is 30.2. The molecule has 2 N–H and O–H groups in total. The van der Waals surface area contributed by atoms with Crippen molar-refractivity contribution in [3.05, 3.63) is 0 Å². The third-order valence-corrected chi connectivity index (χ3v) is 3.33. The maximum absolute atomic E-state index is 11.7. The van der Waals surface area contributed by atoms with Gasteiger partial charge in [0.2, 0.25) is 5.91 Å². The highest BCUT2D eigenvalue weighted by Crippen LogP contribution is 2.17. The largest absolute Gasteiger partial charge is 0.481 e. The molecule has 96 valence electrons. The monoisotopic (exact) mass is 242 g/mol. The number of nitrogens with zero attached hydrogens (tertiary/aromatic N) is 1. The number of piperazine rings is 1. The first-order valence-corrected chi connectivity index (χ1v) is 5.98. The Bertz CT molecular complexity index is 302. The zero-order valence-corrected chi connectivity index (χ0v) is 9.72. The van der Waals surface area contributed by atoms with Gasteiger partial charge in [-0.05, 0) is 12.3 Å². The van der Waals surface area contributed by atoms with Crippen molar-refractivity contribution < 1.29 is 19.4 Å². The van der Waals surface area contributed by atoms with E-state index < -0.39 is 12.0 Å². The Morgan fingerprint density at radius 1 is 1.59 bits per heavy atom. The van der Waals surface area contributed by atoms with Crippen molar-refractivity contribution in [2.45, 2.75) is 18.9 Å². The number of carboxylic acid groups (broad SMARTS) is 1. The molecule has 0 aromatic carbocycles. The van der Waals surface area contributed by atoms with Gasteiger partial charge in [0.1, 0.15) is 0 Å². The Hall–Kier alpha value is -1.14. The van der Waals surface area contributed by atoms with Crippen molar-refractivity contribution in [2.75, 3.05) is 32.8 Å². The van der Waals surface area contributed by atoms with Crippen LogP contribution in [0, 0.1) is 5.92 Å². The number of ether oxygens (including phenoxy) is 1. The van der Waals surface area contributed by atoms with Gasteiger partial charge in [0, 0.05) is 26.2 Å². The van der Waals surface area contributed by atoms with Crippen molar-refractivity contribution in [3.8, 4) is 0 Å². The minimum atomic E-state index is -0.931. The third-order valence-electron chi connectivity index (χ3n) is 3.33. The smallest absolute Gasteiger partial charge is 0.305 e. The molecule has 0 spiro atoms. The minimum Gasteiger partial charge on any atom is -0.481 e. The molecular formula is C11H18N2O4. The van der Waals surface area contributed by atoms with Crippen molar-refractivity contribution in [1.29, 1.82) is 0 Å². The summed E-state index contributed by atoms with van der Waals surface area (Å²) in [7, 11) is 0. The lowest BCUT2D eigenvalue weighted by atomic mass is 10.0. The van der Waals surface area contributed by atoms with E-state index in [0.29, 0.717) is 12.5 Å². The Morgan fingerprint density at radius 2 is 2.41 bits per heavy atom. The fraction of sp³-hybridized carbons (Fsp3) is 0.818. The van der Waals surface area contributed by atoms with Crippen LogP contribution in [-0.2, 0) is 14.3 Å². The minimum absolute atomic E-state index is 0.126. The van der Waals surface area contributed by atoms with Crippen LogP contribution in [-0.4, -0.2) is 60.8 Å². The summed E-state index contributed by atoms with van der Waals surface area (Å²) in [5, 5.41) is 11.5. The molecule has 0 bridgehead atoms. The summed E-state index contributed by atoms with van der Waals surface area (Å²) < 4.78 is 5.30. The second-order valence-electron chi connectivity index (χ2n) is 4.63. The maximum atomic E-state index is 11.7. The average molecular weight is 242 g/mol. The lowest BCUT2D eigenvalue weighted by Crippen LogP contribution is -2.56. The molecule has 2 aliphatic heterocycles. The van der Waals surface area contributed by atoms with E-state index >= 15 is 0 Å². The van der Waals surface area contributed by atoms with Gasteiger partial charge in [-0.3, -0.25) is 14.5 Å². The molecule has 0 saturated carbocycles. The Balaban J connectivity index is 1.95. The molecule has 2 heterocycles. The van der Waals surface area contributed by atoms with E-state index in [1.807, 2.05) is 4.90 Å². The quantitative estimate of drug-likeness (QED) is 0.681. The molecule has 6 nitrogen and oxygen atoms in total. The molecule has 0 aromatic heterocycles. The standard InChI is InChI=1S/C11H18N2O4/c14-10(15)5-9-11(16)12-2-3-13(9)6-8-1-4-17-7-8/h8-9H,1-7H2,(H,12,16)(H,14,15). The van der Waals surface area contributed by atoms with Crippen LogP contribution in [0.15, 0.2) is 0 Å². The lowest BCUT2D eigenvalue weighted by molar-refractivity contribution is -0.143. The van der Waals surface area contributed by atoms with E-state index in [0.717, 1.165) is 32.7 Å². The van der Waals surface area contributed by atoms with Crippen molar-refractivity contribution >= 4 is 11.9 Å². The molecule has 0 radical (unpaired) electrons. The third kappa shape index (κ3) is 3.17. The van der Waals surface area contributed by atoms with Gasteiger partial charge in [-0.1, -0.05) is 0 Å². The van der Waals surface area contributed by atoms with Gasteiger partial charge < -0.3 is 15.2 Å². The highest BCUT2D eigenvalue weighted by Gasteiger charge is 2.33. The van der Waals surface area contributed by atoms with Crippen molar-refractivity contribution in [2.24, 2.45) is 5.92 Å². The van der Waals surface area contributed by atoms with Gasteiger partial charge in [-0.15, -0.1) is 0 Å². The van der Waals surface area contributed by atoms with Gasteiger partial charge in [0.25, 0.3) is 0 Å². The van der Waals surface area contributed by atoms with E-state index in [-0.39, 0.29) is 12.3 Å². The number of aliphatic carboxylic acids is 1. The zero-order valence-electron chi connectivity index (χ0n) is 9.72. The predicted octanol–water partition coefficient (Wildman–Crippen LogP) is -0.702. The van der Waals surface area contributed by atoms with E-state index in [1.54, 1.807) is 0 Å². The summed E-state index contributed by atoms with van der Waals surface area (Å²) in [6.07, 6.45) is 0.872. The highest BCUT2D eigenvalue weighted by molar-refractivity contribution is 5.86. The van der Waals surface area contributed by atoms with Gasteiger partial charge in [-0.25, -0.2) is 0 Å². The van der Waals surface area contributed by atoms with Gasteiger partial charge in [0.05, 0.1) is 19.1 Å². The zero-order chi connectivity index (χ0) is 12.3. The number of hydrogen-bond acceptors (Lipinski definition) is 4. The summed E-state index contributed by atoms with van der Waals surface area (Å²) in [5.74, 6) is -0.672. The summed E-state index contributed by atoms with van der Waals surface area (Å²) >= 11 is 0. The maximum Gasteiger partial charge on any atom is 0.305 e. The van der Waals surface area contributed by atoms with Crippen molar-refractivity contribution in [1.82, 2.24) is 10.2 Å². The van der Waals surface area contributed by atoms with Crippen molar-refractivity contribution in [3.63, 3.8) is 0 Å². The number of rotatable bonds is 4. The molecule has 2 atom stereocenters.